The molecule has 0 bridgehead atoms. The highest BCUT2D eigenvalue weighted by molar-refractivity contribution is 7.80. The number of amides is 1. The van der Waals surface area contributed by atoms with Crippen molar-refractivity contribution in [3.63, 3.8) is 0 Å². The largest absolute Gasteiger partial charge is 0.494 e. The van der Waals surface area contributed by atoms with Crippen LogP contribution in [0, 0.1) is 13.8 Å². The summed E-state index contributed by atoms with van der Waals surface area (Å²) in [6.07, 6.45) is 5.53. The number of nitrogens with zero attached hydrogens (tertiary/aromatic N) is 4. The molecule has 11 nitrogen and oxygen atoms in total. The van der Waals surface area contributed by atoms with E-state index in [-0.39, 0.29) is 24.6 Å². The van der Waals surface area contributed by atoms with Crippen LogP contribution in [0.3, 0.4) is 0 Å². The van der Waals surface area contributed by atoms with Crippen molar-refractivity contribution in [2.45, 2.75) is 33.6 Å². The second-order valence-corrected chi connectivity index (χ2v) is 17.5. The van der Waals surface area contributed by atoms with Crippen LogP contribution in [0.25, 0.3) is 66.5 Å². The second-order valence-electron chi connectivity index (χ2n) is 16.6. The minimum Gasteiger partial charge on any atom is -0.494 e. The number of aldehydes is 1. The van der Waals surface area contributed by atoms with Crippen molar-refractivity contribution in [3.05, 3.63) is 180 Å². The van der Waals surface area contributed by atoms with Gasteiger partial charge in [-0.1, -0.05) is 91.0 Å². The van der Waals surface area contributed by atoms with Crippen molar-refractivity contribution >= 4 is 71.9 Å². The predicted molar refractivity (Wildman–Crippen MR) is 293 cm³/mol. The fraction of sp³-hybridized carbons (Fsp3) is 0.155. The van der Waals surface area contributed by atoms with Crippen LogP contribution in [-0.2, 0) is 14.3 Å². The number of fused-ring (bicyclic) bond motifs is 1. The summed E-state index contributed by atoms with van der Waals surface area (Å²) in [5.41, 5.74) is 19.6. The zero-order valence-electron chi connectivity index (χ0n) is 40.5. The number of thiol groups is 2. The Labute approximate surface area is 425 Å². The van der Waals surface area contributed by atoms with Gasteiger partial charge in [0.05, 0.1) is 36.3 Å². The number of carbonyl (C=O) groups excluding carboxylic acids is 3. The molecule has 0 radical (unpaired) electrons. The molecule has 2 aromatic heterocycles. The van der Waals surface area contributed by atoms with Crippen LogP contribution in [0.2, 0.25) is 0 Å². The number of hydrazone groups is 2. The van der Waals surface area contributed by atoms with E-state index in [4.69, 9.17) is 15.8 Å². The highest BCUT2D eigenvalue weighted by Gasteiger charge is 2.19. The van der Waals surface area contributed by atoms with Gasteiger partial charge in [-0.05, 0) is 148 Å². The SMILES string of the molecule is [2H]C(=O)c1cccc(-c2ccc(-c3cc(N/N=C(/C(=O)OCC)c4ccc(-c5cccc(OCCCS)c5)cn4)c4ncc(-c5ccc(-c6cccc(/C=N/NC(=O)CCS)c6)cc5C)cc4c3)c(C)c2)c1. The minimum absolute atomic E-state index is 0.0131. The summed E-state index contributed by atoms with van der Waals surface area (Å²) in [6, 6.07) is 44.9. The normalized spacial score (nSPS) is 11.6. The monoisotopic (exact) mass is 977 g/mol. The first kappa shape index (κ1) is 48.2. The molecule has 0 unspecified atom stereocenters. The summed E-state index contributed by atoms with van der Waals surface area (Å²) < 4.78 is 19.0. The molecule has 6 aromatic carbocycles. The Morgan fingerprint density at radius 1 is 0.690 bits per heavy atom. The Morgan fingerprint density at radius 2 is 1.32 bits per heavy atom. The summed E-state index contributed by atoms with van der Waals surface area (Å²) in [5.74, 6) is 1.09. The van der Waals surface area contributed by atoms with Gasteiger partial charge in [0.25, 0.3) is 0 Å². The van der Waals surface area contributed by atoms with Crippen molar-refractivity contribution in [3.8, 4) is 61.4 Å². The lowest BCUT2D eigenvalue weighted by Gasteiger charge is -2.15. The van der Waals surface area contributed by atoms with E-state index >= 15 is 0 Å². The Morgan fingerprint density at radius 3 is 1.99 bits per heavy atom. The van der Waals surface area contributed by atoms with Crippen LogP contribution < -0.4 is 15.6 Å². The van der Waals surface area contributed by atoms with E-state index in [2.05, 4.69) is 94.6 Å². The number of aromatic nitrogens is 2. The molecule has 0 aliphatic heterocycles. The van der Waals surface area contributed by atoms with E-state index in [9.17, 15) is 14.4 Å². The quantitative estimate of drug-likeness (QED) is 0.0157. The van der Waals surface area contributed by atoms with Crippen LogP contribution in [0.4, 0.5) is 5.69 Å². The maximum Gasteiger partial charge on any atom is 0.361 e. The second kappa shape index (κ2) is 23.6. The third-order valence-corrected chi connectivity index (χ3v) is 12.2. The van der Waals surface area contributed by atoms with E-state index in [0.717, 1.165) is 95.6 Å². The maximum absolute atomic E-state index is 13.6. The van der Waals surface area contributed by atoms with Crippen molar-refractivity contribution in [1.82, 2.24) is 15.4 Å². The van der Waals surface area contributed by atoms with Gasteiger partial charge in [-0.15, -0.1) is 0 Å². The van der Waals surface area contributed by atoms with Crippen molar-refractivity contribution in [1.29, 1.82) is 0 Å². The van der Waals surface area contributed by atoms with Crippen LogP contribution in [0.1, 0.15) is 53.9 Å². The van der Waals surface area contributed by atoms with E-state index < -0.39 is 12.2 Å². The zero-order chi connectivity index (χ0) is 50.6. The predicted octanol–water partition coefficient (Wildman–Crippen LogP) is 12.2. The first-order chi connectivity index (χ1) is 35.0. The highest BCUT2D eigenvalue weighted by Crippen LogP contribution is 2.37. The number of ether oxygens (including phenoxy) is 2. The summed E-state index contributed by atoms with van der Waals surface area (Å²) in [6.45, 7) is 6.54. The molecule has 356 valence electrons. The lowest BCUT2D eigenvalue weighted by Crippen LogP contribution is -2.21. The van der Waals surface area contributed by atoms with Gasteiger partial charge in [-0.3, -0.25) is 25.0 Å². The number of carbonyl (C=O) groups is 3. The molecule has 0 aliphatic rings. The number of esters is 1. The fourth-order valence-corrected chi connectivity index (χ4v) is 8.45. The fourth-order valence-electron chi connectivity index (χ4n) is 8.12. The molecule has 0 fully saturated rings. The molecule has 0 aliphatic carbocycles. The molecule has 8 aromatic rings. The molecule has 2 N–H and O–H groups in total. The van der Waals surface area contributed by atoms with Crippen LogP contribution in [-0.4, -0.2) is 64.8 Å². The number of rotatable bonds is 19. The average Bonchev–Trinajstić information content (AvgIpc) is 3.39. The molecular formula is C58H52N6O5S2. The molecule has 1 amide bonds. The number of benzene rings is 6. The molecule has 0 saturated carbocycles. The summed E-state index contributed by atoms with van der Waals surface area (Å²) in [4.78, 5) is 47.1. The molecular weight excluding hydrogens is 925 g/mol. The number of pyridine rings is 2. The average molecular weight is 978 g/mol. The maximum atomic E-state index is 13.6. The number of nitrogens with one attached hydrogen (secondary N) is 2. The Bertz CT molecular complexity index is 3360. The number of anilines is 1. The third kappa shape index (κ3) is 12.3. The smallest absolute Gasteiger partial charge is 0.361 e. The van der Waals surface area contributed by atoms with E-state index in [0.29, 0.717) is 34.8 Å². The van der Waals surface area contributed by atoms with Gasteiger partial charge < -0.3 is 9.47 Å². The van der Waals surface area contributed by atoms with Crippen molar-refractivity contribution in [2.75, 3.05) is 30.1 Å². The Hall–Kier alpha value is -7.87. The first-order valence-corrected chi connectivity index (χ1v) is 24.4. The van der Waals surface area contributed by atoms with Crippen LogP contribution >= 0.6 is 25.3 Å². The van der Waals surface area contributed by atoms with E-state index in [1.807, 2.05) is 92.0 Å². The Kier molecular flexibility index (Phi) is 16.0. The standard InChI is InChI=1S/C58H52N6O5S2/c1-4-68-58(67)57(53-20-17-46(34-59-53)43-13-7-14-50(31-43)69-22-8-23-70)64-62-54-32-47(51-18-15-45(25-37(51)2)42-12-6-10-40(28-42)36-65)29-48-30-49(35-60-56(48)54)52-19-16-44(26-38(52)3)41-11-5-9-39(27-41)33-61-63-55(66)21-24-71/h5-7,9-20,25-36,62,70-71H,4,8,21-24H2,1-3H3,(H,63,66)/b61-33+,64-57+/i36D. The van der Waals surface area contributed by atoms with E-state index in [1.54, 1.807) is 43.6 Å². The van der Waals surface area contributed by atoms with Crippen molar-refractivity contribution in [2.24, 2.45) is 10.2 Å². The van der Waals surface area contributed by atoms with Gasteiger partial charge in [0.15, 0.2) is 5.71 Å². The molecule has 13 heteroatoms. The lowest BCUT2D eigenvalue weighted by molar-refractivity contribution is -0.135. The zero-order valence-corrected chi connectivity index (χ0v) is 41.3. The Balaban J connectivity index is 1.16. The molecule has 0 spiro atoms. The first-order valence-electron chi connectivity index (χ1n) is 23.6. The van der Waals surface area contributed by atoms with Gasteiger partial charge in [0, 0.05) is 40.9 Å². The summed E-state index contributed by atoms with van der Waals surface area (Å²) in [5, 5.41) is 9.61. The minimum atomic E-state index is -0.741. The van der Waals surface area contributed by atoms with Crippen molar-refractivity contribution < 1.29 is 25.2 Å². The molecule has 0 atom stereocenters. The number of hydrogen-bond donors (Lipinski definition) is 4. The summed E-state index contributed by atoms with van der Waals surface area (Å²) >= 11 is 8.38. The van der Waals surface area contributed by atoms with Gasteiger partial charge in [-0.2, -0.15) is 35.5 Å². The molecule has 0 saturated heterocycles. The van der Waals surface area contributed by atoms with E-state index in [1.165, 1.54) is 0 Å². The van der Waals surface area contributed by atoms with Crippen LogP contribution in [0.15, 0.2) is 162 Å². The molecule has 2 heterocycles. The molecule has 8 rings (SSSR count). The lowest BCUT2D eigenvalue weighted by atomic mass is 9.93. The van der Waals surface area contributed by atoms with Gasteiger partial charge >= 0.3 is 5.97 Å². The third-order valence-electron chi connectivity index (χ3n) is 11.6. The van der Waals surface area contributed by atoms with Crippen LogP contribution in [0.5, 0.6) is 5.75 Å². The van der Waals surface area contributed by atoms with Gasteiger partial charge in [0.1, 0.15) is 13.4 Å². The number of hydrogen-bond acceptors (Lipinski definition) is 12. The van der Waals surface area contributed by atoms with Gasteiger partial charge in [-0.25, -0.2) is 10.2 Å². The number of aryl methyl sites for hydroxylation is 2. The highest BCUT2D eigenvalue weighted by atomic mass is 32.1. The topological polar surface area (TPSA) is 144 Å². The molecule has 71 heavy (non-hydrogen) atoms. The summed E-state index contributed by atoms with van der Waals surface area (Å²) in [7, 11) is 0. The van der Waals surface area contributed by atoms with Gasteiger partial charge in [0.2, 0.25) is 5.91 Å².